The van der Waals surface area contributed by atoms with Gasteiger partial charge in [-0.3, -0.25) is 4.79 Å². The Morgan fingerprint density at radius 2 is 1.70 bits per heavy atom. The van der Waals surface area contributed by atoms with Crippen molar-refractivity contribution < 1.29 is 9.53 Å². The molecule has 1 aromatic carbocycles. The standard InChI is InChI=1S/C18H24N2O2S/c21-17(18(23)20-10-12-22-13-11-20)19-8-6-16(7-9-19)14-15-4-2-1-3-5-15/h1-5,16H,6-14H2. The van der Waals surface area contributed by atoms with Crippen LogP contribution < -0.4 is 0 Å². The van der Waals surface area contributed by atoms with Crippen LogP contribution in [0.5, 0.6) is 0 Å². The van der Waals surface area contributed by atoms with Gasteiger partial charge in [-0.15, -0.1) is 0 Å². The summed E-state index contributed by atoms with van der Waals surface area (Å²) in [5.74, 6) is 0.693. The van der Waals surface area contributed by atoms with Crippen molar-refractivity contribution in [2.45, 2.75) is 19.3 Å². The zero-order chi connectivity index (χ0) is 16.1. The summed E-state index contributed by atoms with van der Waals surface area (Å²) in [5, 5.41) is 0. The Kier molecular flexibility index (Phi) is 5.62. The summed E-state index contributed by atoms with van der Waals surface area (Å²) in [6, 6.07) is 10.6. The molecule has 4 nitrogen and oxygen atoms in total. The zero-order valence-corrected chi connectivity index (χ0v) is 14.3. The Balaban J connectivity index is 1.48. The van der Waals surface area contributed by atoms with Crippen LogP contribution in [0.25, 0.3) is 0 Å². The molecule has 0 N–H and O–H groups in total. The van der Waals surface area contributed by atoms with E-state index in [-0.39, 0.29) is 5.91 Å². The number of ether oxygens (including phenoxy) is 1. The monoisotopic (exact) mass is 332 g/mol. The lowest BCUT2D eigenvalue weighted by atomic mass is 9.90. The van der Waals surface area contributed by atoms with E-state index in [1.54, 1.807) is 0 Å². The highest BCUT2D eigenvalue weighted by Gasteiger charge is 2.28. The van der Waals surface area contributed by atoms with E-state index < -0.39 is 0 Å². The van der Waals surface area contributed by atoms with Crippen LogP contribution >= 0.6 is 12.2 Å². The molecule has 0 spiro atoms. The maximum Gasteiger partial charge on any atom is 0.281 e. The highest BCUT2D eigenvalue weighted by atomic mass is 32.1. The molecule has 0 aliphatic carbocycles. The van der Waals surface area contributed by atoms with Gasteiger partial charge in [0.1, 0.15) is 0 Å². The van der Waals surface area contributed by atoms with E-state index in [4.69, 9.17) is 17.0 Å². The predicted octanol–water partition coefficient (Wildman–Crippen LogP) is 2.13. The Hall–Kier alpha value is -1.46. The number of carbonyl (C=O) groups excluding carboxylic acids is 1. The zero-order valence-electron chi connectivity index (χ0n) is 13.4. The first-order chi connectivity index (χ1) is 11.2. The summed E-state index contributed by atoms with van der Waals surface area (Å²) in [7, 11) is 0. The van der Waals surface area contributed by atoms with Crippen molar-refractivity contribution in [2.75, 3.05) is 39.4 Å². The lowest BCUT2D eigenvalue weighted by molar-refractivity contribution is -0.126. The minimum absolute atomic E-state index is 0.0278. The maximum absolute atomic E-state index is 12.6. The Morgan fingerprint density at radius 1 is 1.04 bits per heavy atom. The average Bonchev–Trinajstić information content (AvgIpc) is 2.63. The van der Waals surface area contributed by atoms with Crippen LogP contribution in [-0.2, 0) is 16.0 Å². The van der Waals surface area contributed by atoms with Crippen molar-refractivity contribution in [3.63, 3.8) is 0 Å². The molecule has 23 heavy (non-hydrogen) atoms. The molecule has 0 aromatic heterocycles. The summed E-state index contributed by atoms with van der Waals surface area (Å²) < 4.78 is 5.32. The normalized spacial score (nSPS) is 19.7. The van der Waals surface area contributed by atoms with Gasteiger partial charge in [0.05, 0.1) is 13.2 Å². The van der Waals surface area contributed by atoms with E-state index in [0.29, 0.717) is 24.1 Å². The smallest absolute Gasteiger partial charge is 0.281 e. The van der Waals surface area contributed by atoms with Crippen LogP contribution in [0.1, 0.15) is 18.4 Å². The van der Waals surface area contributed by atoms with Gasteiger partial charge in [-0.05, 0) is 30.7 Å². The van der Waals surface area contributed by atoms with E-state index >= 15 is 0 Å². The third kappa shape index (κ3) is 4.30. The summed E-state index contributed by atoms with van der Waals surface area (Å²) >= 11 is 5.39. The molecular formula is C18H24N2O2S. The molecule has 3 rings (SSSR count). The molecule has 1 aromatic rings. The second kappa shape index (κ2) is 7.88. The molecule has 1 amide bonds. The van der Waals surface area contributed by atoms with Gasteiger partial charge in [-0.1, -0.05) is 42.5 Å². The second-order valence-corrected chi connectivity index (χ2v) is 6.72. The number of piperidine rings is 1. The van der Waals surface area contributed by atoms with Crippen LogP contribution in [-0.4, -0.2) is 60.1 Å². The van der Waals surface area contributed by atoms with Gasteiger partial charge in [-0.25, -0.2) is 0 Å². The van der Waals surface area contributed by atoms with Crippen molar-refractivity contribution in [1.82, 2.24) is 9.80 Å². The SMILES string of the molecule is O=C(C(=S)N1CCOCC1)N1CCC(Cc2ccccc2)CC1. The lowest BCUT2D eigenvalue weighted by Crippen LogP contribution is -2.50. The van der Waals surface area contributed by atoms with Crippen molar-refractivity contribution >= 4 is 23.1 Å². The third-order valence-corrected chi connectivity index (χ3v) is 5.18. The number of rotatable bonds is 2. The first kappa shape index (κ1) is 16.4. The van der Waals surface area contributed by atoms with Gasteiger partial charge >= 0.3 is 0 Å². The highest BCUT2D eigenvalue weighted by molar-refractivity contribution is 7.81. The Labute approximate surface area is 143 Å². The fraction of sp³-hybridized carbons (Fsp3) is 0.556. The topological polar surface area (TPSA) is 32.8 Å². The van der Waals surface area contributed by atoms with Crippen molar-refractivity contribution in [3.8, 4) is 0 Å². The minimum atomic E-state index is 0.0278. The molecule has 2 aliphatic rings. The van der Waals surface area contributed by atoms with E-state index in [1.165, 1.54) is 5.56 Å². The number of morpholine rings is 1. The summed E-state index contributed by atoms with van der Waals surface area (Å²) in [6.45, 7) is 4.42. The minimum Gasteiger partial charge on any atom is -0.378 e. The lowest BCUT2D eigenvalue weighted by Gasteiger charge is -2.35. The summed E-state index contributed by atoms with van der Waals surface area (Å²) in [6.07, 6.45) is 3.23. The number of benzene rings is 1. The Morgan fingerprint density at radius 3 is 2.35 bits per heavy atom. The molecule has 0 atom stereocenters. The number of amides is 1. The van der Waals surface area contributed by atoms with Gasteiger partial charge in [0.15, 0.2) is 4.99 Å². The maximum atomic E-state index is 12.6. The fourth-order valence-corrected chi connectivity index (χ4v) is 3.64. The molecule has 2 heterocycles. The number of carbonyl (C=O) groups is 1. The largest absolute Gasteiger partial charge is 0.378 e. The number of thiocarbonyl (C=S) groups is 1. The highest BCUT2D eigenvalue weighted by Crippen LogP contribution is 2.22. The van der Waals surface area contributed by atoms with E-state index in [0.717, 1.165) is 45.4 Å². The third-order valence-electron chi connectivity index (χ3n) is 4.75. The first-order valence-electron chi connectivity index (χ1n) is 8.44. The summed E-state index contributed by atoms with van der Waals surface area (Å²) in [4.78, 5) is 16.9. The molecule has 0 radical (unpaired) electrons. The Bertz CT molecular complexity index is 535. The van der Waals surface area contributed by atoms with Gasteiger partial charge in [0, 0.05) is 26.2 Å². The van der Waals surface area contributed by atoms with Gasteiger partial charge in [0.25, 0.3) is 5.91 Å². The number of nitrogens with zero attached hydrogens (tertiary/aromatic N) is 2. The predicted molar refractivity (Wildman–Crippen MR) is 94.4 cm³/mol. The van der Waals surface area contributed by atoms with Crippen LogP contribution in [0, 0.1) is 5.92 Å². The number of hydrogen-bond acceptors (Lipinski definition) is 3. The average molecular weight is 332 g/mol. The fourth-order valence-electron chi connectivity index (χ4n) is 3.32. The molecule has 0 saturated carbocycles. The second-order valence-electron chi connectivity index (χ2n) is 6.33. The quantitative estimate of drug-likeness (QED) is 0.777. The van der Waals surface area contributed by atoms with Crippen molar-refractivity contribution in [1.29, 1.82) is 0 Å². The van der Waals surface area contributed by atoms with Crippen molar-refractivity contribution in [3.05, 3.63) is 35.9 Å². The summed E-state index contributed by atoms with van der Waals surface area (Å²) in [5.41, 5.74) is 1.39. The molecule has 5 heteroatoms. The molecule has 2 aliphatic heterocycles. The van der Waals surface area contributed by atoms with Crippen LogP contribution in [0.2, 0.25) is 0 Å². The number of likely N-dealkylation sites (tertiary alicyclic amines) is 1. The first-order valence-corrected chi connectivity index (χ1v) is 8.84. The molecule has 2 saturated heterocycles. The van der Waals surface area contributed by atoms with E-state index in [9.17, 15) is 4.79 Å². The van der Waals surface area contributed by atoms with E-state index in [2.05, 4.69) is 30.3 Å². The molecular weight excluding hydrogens is 308 g/mol. The molecule has 2 fully saturated rings. The van der Waals surface area contributed by atoms with Crippen LogP contribution in [0.15, 0.2) is 30.3 Å². The number of hydrogen-bond donors (Lipinski definition) is 0. The van der Waals surface area contributed by atoms with E-state index in [1.807, 2.05) is 9.80 Å². The molecule has 124 valence electrons. The molecule has 0 bridgehead atoms. The van der Waals surface area contributed by atoms with Crippen LogP contribution in [0.3, 0.4) is 0 Å². The molecule has 0 unspecified atom stereocenters. The van der Waals surface area contributed by atoms with Gasteiger partial charge in [0.2, 0.25) is 0 Å². The van der Waals surface area contributed by atoms with Crippen LogP contribution in [0.4, 0.5) is 0 Å². The van der Waals surface area contributed by atoms with Gasteiger partial charge in [-0.2, -0.15) is 0 Å². The van der Waals surface area contributed by atoms with Crippen molar-refractivity contribution in [2.24, 2.45) is 5.92 Å². The van der Waals surface area contributed by atoms with Gasteiger partial charge < -0.3 is 14.5 Å².